The van der Waals surface area contributed by atoms with E-state index in [-0.39, 0.29) is 0 Å². The molecule has 1 rings (SSSR count). The Labute approximate surface area is 94.3 Å². The molecule has 0 bridgehead atoms. The molecule has 1 saturated heterocycles. The second-order valence-corrected chi connectivity index (χ2v) is 4.08. The van der Waals surface area contributed by atoms with E-state index in [1.807, 2.05) is 0 Å². The van der Waals surface area contributed by atoms with Crippen LogP contribution in [0.4, 0.5) is 4.79 Å². The van der Waals surface area contributed by atoms with Crippen molar-refractivity contribution in [3.63, 3.8) is 0 Å². The van der Waals surface area contributed by atoms with Crippen molar-refractivity contribution in [2.75, 3.05) is 20.2 Å². The average Bonchev–Trinajstić information content (AvgIpc) is 2.28. The quantitative estimate of drug-likeness (QED) is 0.679. The fourth-order valence-electron chi connectivity index (χ4n) is 1.97. The summed E-state index contributed by atoms with van der Waals surface area (Å²) < 4.78 is 4.54. The van der Waals surface area contributed by atoms with Crippen molar-refractivity contribution in [1.29, 1.82) is 0 Å². The predicted octanol–water partition coefficient (Wildman–Crippen LogP) is 0.267. The minimum Gasteiger partial charge on any atom is -0.468 e. The molecule has 92 valence electrons. The zero-order valence-electron chi connectivity index (χ0n) is 9.39. The van der Waals surface area contributed by atoms with Gasteiger partial charge in [-0.2, -0.15) is 0 Å². The van der Waals surface area contributed by atoms with Crippen molar-refractivity contribution >= 4 is 12.1 Å². The molecule has 1 atom stereocenters. The molecule has 1 fully saturated rings. The van der Waals surface area contributed by atoms with E-state index in [9.17, 15) is 9.59 Å². The SMILES string of the molecule is COC(=O)[C@@H](N)CC1CCN(C(=O)O)CC1. The van der Waals surface area contributed by atoms with Crippen molar-refractivity contribution in [2.45, 2.75) is 25.3 Å². The van der Waals surface area contributed by atoms with E-state index in [1.54, 1.807) is 0 Å². The van der Waals surface area contributed by atoms with Crippen LogP contribution in [0.2, 0.25) is 0 Å². The van der Waals surface area contributed by atoms with Gasteiger partial charge in [-0.3, -0.25) is 4.79 Å². The largest absolute Gasteiger partial charge is 0.468 e. The molecule has 0 spiro atoms. The molecule has 1 aliphatic heterocycles. The lowest BCUT2D eigenvalue weighted by atomic mass is 9.90. The van der Waals surface area contributed by atoms with Crippen molar-refractivity contribution < 1.29 is 19.4 Å². The molecule has 6 heteroatoms. The number of hydrogen-bond acceptors (Lipinski definition) is 4. The second-order valence-electron chi connectivity index (χ2n) is 4.08. The van der Waals surface area contributed by atoms with Crippen LogP contribution < -0.4 is 5.73 Å². The van der Waals surface area contributed by atoms with Crippen molar-refractivity contribution in [2.24, 2.45) is 11.7 Å². The Hall–Kier alpha value is -1.30. The Kier molecular flexibility index (Phi) is 4.54. The summed E-state index contributed by atoms with van der Waals surface area (Å²) in [6, 6.07) is -0.591. The van der Waals surface area contributed by atoms with E-state index in [0.29, 0.717) is 25.4 Å². The van der Waals surface area contributed by atoms with E-state index >= 15 is 0 Å². The van der Waals surface area contributed by atoms with Crippen LogP contribution in [-0.4, -0.2) is 48.3 Å². The Balaban J connectivity index is 2.32. The first kappa shape index (κ1) is 12.8. The molecule has 1 amide bonds. The predicted molar refractivity (Wildman–Crippen MR) is 56.9 cm³/mol. The lowest BCUT2D eigenvalue weighted by Crippen LogP contribution is -2.40. The standard InChI is InChI=1S/C10H18N2O4/c1-16-9(13)8(11)6-7-2-4-12(5-3-7)10(14)15/h7-8H,2-6,11H2,1H3,(H,14,15)/t8-/m0/s1. The first-order chi connectivity index (χ1) is 7.54. The maximum Gasteiger partial charge on any atom is 0.407 e. The number of likely N-dealkylation sites (tertiary alicyclic amines) is 1. The number of nitrogens with zero attached hydrogens (tertiary/aromatic N) is 1. The highest BCUT2D eigenvalue weighted by Crippen LogP contribution is 2.21. The number of ether oxygens (including phenoxy) is 1. The van der Waals surface area contributed by atoms with Crippen LogP contribution in [-0.2, 0) is 9.53 Å². The monoisotopic (exact) mass is 230 g/mol. The van der Waals surface area contributed by atoms with Gasteiger partial charge in [0.1, 0.15) is 6.04 Å². The van der Waals surface area contributed by atoms with Gasteiger partial charge in [0.25, 0.3) is 0 Å². The van der Waals surface area contributed by atoms with Crippen LogP contribution >= 0.6 is 0 Å². The third kappa shape index (κ3) is 3.37. The number of carbonyl (C=O) groups is 2. The summed E-state index contributed by atoms with van der Waals surface area (Å²) in [7, 11) is 1.31. The van der Waals surface area contributed by atoms with Gasteiger partial charge in [-0.1, -0.05) is 0 Å². The molecule has 3 N–H and O–H groups in total. The molecule has 0 aromatic rings. The van der Waals surface area contributed by atoms with Gasteiger partial charge in [-0.05, 0) is 25.2 Å². The summed E-state index contributed by atoms with van der Waals surface area (Å²) in [5, 5.41) is 8.76. The van der Waals surface area contributed by atoms with E-state index < -0.39 is 18.1 Å². The fourth-order valence-corrected chi connectivity index (χ4v) is 1.97. The van der Waals surface area contributed by atoms with Gasteiger partial charge in [0.15, 0.2) is 0 Å². The molecule has 1 aliphatic rings. The zero-order valence-corrected chi connectivity index (χ0v) is 9.39. The van der Waals surface area contributed by atoms with Crippen LogP contribution in [0.1, 0.15) is 19.3 Å². The minimum atomic E-state index is -0.879. The maximum absolute atomic E-state index is 11.1. The summed E-state index contributed by atoms with van der Waals surface area (Å²) in [6.07, 6.45) is 1.21. The molecule has 0 aliphatic carbocycles. The molecular formula is C10H18N2O4. The molecule has 1 heterocycles. The number of rotatable bonds is 3. The molecule has 6 nitrogen and oxygen atoms in total. The van der Waals surface area contributed by atoms with Gasteiger partial charge in [0, 0.05) is 13.1 Å². The van der Waals surface area contributed by atoms with Gasteiger partial charge < -0.3 is 20.5 Å². The number of carbonyl (C=O) groups excluding carboxylic acids is 1. The maximum atomic E-state index is 11.1. The molecule has 16 heavy (non-hydrogen) atoms. The average molecular weight is 230 g/mol. The van der Waals surface area contributed by atoms with E-state index in [2.05, 4.69) is 4.74 Å². The van der Waals surface area contributed by atoms with E-state index in [0.717, 1.165) is 12.8 Å². The highest BCUT2D eigenvalue weighted by atomic mass is 16.5. The van der Waals surface area contributed by atoms with Crippen LogP contribution in [0.3, 0.4) is 0 Å². The van der Waals surface area contributed by atoms with Gasteiger partial charge in [0.05, 0.1) is 7.11 Å². The van der Waals surface area contributed by atoms with Gasteiger partial charge >= 0.3 is 12.1 Å². The van der Waals surface area contributed by atoms with Crippen molar-refractivity contribution in [3.8, 4) is 0 Å². The van der Waals surface area contributed by atoms with Crippen molar-refractivity contribution in [1.82, 2.24) is 4.90 Å². The molecule has 0 radical (unpaired) electrons. The third-order valence-corrected chi connectivity index (χ3v) is 2.98. The lowest BCUT2D eigenvalue weighted by molar-refractivity contribution is -0.142. The van der Waals surface area contributed by atoms with Crippen LogP contribution in [0.15, 0.2) is 0 Å². The smallest absolute Gasteiger partial charge is 0.407 e. The topological polar surface area (TPSA) is 92.9 Å². The van der Waals surface area contributed by atoms with Crippen molar-refractivity contribution in [3.05, 3.63) is 0 Å². The Bertz CT molecular complexity index is 262. The summed E-state index contributed by atoms with van der Waals surface area (Å²) >= 11 is 0. The van der Waals surface area contributed by atoms with Gasteiger partial charge in [-0.15, -0.1) is 0 Å². The van der Waals surface area contributed by atoms with E-state index in [4.69, 9.17) is 10.8 Å². The summed E-state index contributed by atoms with van der Waals surface area (Å²) in [4.78, 5) is 23.2. The number of carboxylic acid groups (broad SMARTS) is 1. The Morgan fingerprint density at radius 2 is 2.06 bits per heavy atom. The van der Waals surface area contributed by atoms with Gasteiger partial charge in [-0.25, -0.2) is 4.79 Å². The summed E-state index contributed by atoms with van der Waals surface area (Å²) in [5.74, 6) is -0.0923. The first-order valence-corrected chi connectivity index (χ1v) is 5.36. The number of piperidine rings is 1. The van der Waals surface area contributed by atoms with E-state index in [1.165, 1.54) is 12.0 Å². The molecule has 0 aromatic carbocycles. The minimum absolute atomic E-state index is 0.310. The third-order valence-electron chi connectivity index (χ3n) is 2.98. The highest BCUT2D eigenvalue weighted by Gasteiger charge is 2.25. The number of nitrogens with two attached hydrogens (primary N) is 1. The van der Waals surface area contributed by atoms with Gasteiger partial charge in [0.2, 0.25) is 0 Å². The summed E-state index contributed by atoms with van der Waals surface area (Å²) in [5.41, 5.74) is 5.65. The molecule has 0 unspecified atom stereocenters. The normalized spacial score (nSPS) is 19.2. The highest BCUT2D eigenvalue weighted by molar-refractivity contribution is 5.75. The molecule has 0 saturated carbocycles. The molecular weight excluding hydrogens is 212 g/mol. The Morgan fingerprint density at radius 1 is 1.50 bits per heavy atom. The lowest BCUT2D eigenvalue weighted by Gasteiger charge is -2.30. The number of methoxy groups -OCH3 is 1. The fraction of sp³-hybridized carbons (Fsp3) is 0.800. The second kappa shape index (κ2) is 5.69. The van der Waals surface area contributed by atoms with Crippen LogP contribution in [0.5, 0.6) is 0 Å². The van der Waals surface area contributed by atoms with Crippen LogP contribution in [0, 0.1) is 5.92 Å². The summed E-state index contributed by atoms with van der Waals surface area (Å²) in [6.45, 7) is 1.04. The number of amides is 1. The zero-order chi connectivity index (χ0) is 12.1. The molecule has 0 aromatic heterocycles. The first-order valence-electron chi connectivity index (χ1n) is 5.36. The van der Waals surface area contributed by atoms with Crippen LogP contribution in [0.25, 0.3) is 0 Å². The number of esters is 1. The number of hydrogen-bond donors (Lipinski definition) is 2. The Morgan fingerprint density at radius 3 is 2.50 bits per heavy atom.